The van der Waals surface area contributed by atoms with E-state index in [1.54, 1.807) is 30.0 Å². The van der Waals surface area contributed by atoms with E-state index in [-0.39, 0.29) is 30.1 Å². The molecular weight excluding hydrogens is 360 g/mol. The van der Waals surface area contributed by atoms with Crippen LogP contribution in [0.25, 0.3) is 11.0 Å². The number of likely N-dealkylation sites (tertiary alicyclic amines) is 1. The average Bonchev–Trinajstić information content (AvgIpc) is 2.98. The fourth-order valence-electron chi connectivity index (χ4n) is 3.10. The van der Waals surface area contributed by atoms with Crippen LogP contribution in [0.5, 0.6) is 0 Å². The van der Waals surface area contributed by atoms with Crippen molar-refractivity contribution in [1.82, 2.24) is 4.90 Å². The molecule has 0 aliphatic carbocycles. The maximum Gasteiger partial charge on any atom is 0.375 e. The normalized spacial score (nSPS) is 15.2. The third-order valence-electron chi connectivity index (χ3n) is 4.68. The SMILES string of the molecule is Cc1c(C(=O)OCC(=O)N2CCC(C(N)=O)CC2)oc2c(Cl)cccc12. The number of hydrogen-bond acceptors (Lipinski definition) is 5. The number of aryl methyl sites for hydroxylation is 1. The van der Waals surface area contributed by atoms with Crippen LogP contribution in [-0.2, 0) is 14.3 Å². The van der Waals surface area contributed by atoms with Crippen molar-refractivity contribution in [3.05, 3.63) is 34.5 Å². The Bertz CT molecular complexity index is 868. The summed E-state index contributed by atoms with van der Waals surface area (Å²) < 4.78 is 10.6. The smallest absolute Gasteiger partial charge is 0.375 e. The van der Waals surface area contributed by atoms with E-state index >= 15 is 0 Å². The number of esters is 1. The molecule has 2 heterocycles. The van der Waals surface area contributed by atoms with Crippen LogP contribution < -0.4 is 5.73 Å². The summed E-state index contributed by atoms with van der Waals surface area (Å²) in [7, 11) is 0. The zero-order valence-corrected chi connectivity index (χ0v) is 15.0. The molecule has 2 N–H and O–H groups in total. The van der Waals surface area contributed by atoms with Crippen molar-refractivity contribution < 1.29 is 23.5 Å². The van der Waals surface area contributed by atoms with Crippen molar-refractivity contribution >= 4 is 40.4 Å². The van der Waals surface area contributed by atoms with E-state index in [2.05, 4.69) is 0 Å². The maximum atomic E-state index is 12.3. The highest BCUT2D eigenvalue weighted by molar-refractivity contribution is 6.35. The van der Waals surface area contributed by atoms with Gasteiger partial charge in [-0.05, 0) is 25.8 Å². The highest BCUT2D eigenvalue weighted by atomic mass is 35.5. The summed E-state index contributed by atoms with van der Waals surface area (Å²) in [5.74, 6) is -1.54. The van der Waals surface area contributed by atoms with E-state index in [1.165, 1.54) is 0 Å². The van der Waals surface area contributed by atoms with Crippen LogP contribution in [0.2, 0.25) is 5.02 Å². The number of nitrogens with two attached hydrogens (primary N) is 1. The first-order chi connectivity index (χ1) is 12.4. The molecule has 0 spiro atoms. The second-order valence-corrected chi connectivity index (χ2v) is 6.71. The third kappa shape index (κ3) is 3.53. The van der Waals surface area contributed by atoms with Crippen molar-refractivity contribution in [2.24, 2.45) is 11.7 Å². The summed E-state index contributed by atoms with van der Waals surface area (Å²) in [6.45, 7) is 2.19. The molecule has 1 aromatic carbocycles. The van der Waals surface area contributed by atoms with E-state index in [1.807, 2.05) is 0 Å². The average molecular weight is 379 g/mol. The van der Waals surface area contributed by atoms with Gasteiger partial charge in [-0.15, -0.1) is 0 Å². The number of fused-ring (bicyclic) bond motifs is 1. The molecule has 26 heavy (non-hydrogen) atoms. The Balaban J connectivity index is 1.61. The Morgan fingerprint density at radius 3 is 2.62 bits per heavy atom. The second-order valence-electron chi connectivity index (χ2n) is 6.31. The summed E-state index contributed by atoms with van der Waals surface area (Å²) in [6.07, 6.45) is 1.05. The zero-order chi connectivity index (χ0) is 18.8. The molecule has 0 unspecified atom stereocenters. The van der Waals surface area contributed by atoms with E-state index in [0.717, 1.165) is 5.39 Å². The van der Waals surface area contributed by atoms with Crippen LogP contribution in [0.3, 0.4) is 0 Å². The lowest BCUT2D eigenvalue weighted by molar-refractivity contribution is -0.137. The first-order valence-corrected chi connectivity index (χ1v) is 8.68. The Labute approximate surface area is 155 Å². The third-order valence-corrected chi connectivity index (χ3v) is 4.98. The van der Waals surface area contributed by atoms with Crippen molar-refractivity contribution in [3.8, 4) is 0 Å². The monoisotopic (exact) mass is 378 g/mol. The van der Waals surface area contributed by atoms with Gasteiger partial charge in [0.15, 0.2) is 12.2 Å². The second kappa shape index (κ2) is 7.37. The van der Waals surface area contributed by atoms with E-state index in [4.69, 9.17) is 26.5 Å². The fourth-order valence-corrected chi connectivity index (χ4v) is 3.31. The van der Waals surface area contributed by atoms with E-state index in [9.17, 15) is 14.4 Å². The van der Waals surface area contributed by atoms with Crippen molar-refractivity contribution in [2.75, 3.05) is 19.7 Å². The van der Waals surface area contributed by atoms with Crippen LogP contribution in [0.15, 0.2) is 22.6 Å². The number of primary amides is 1. The van der Waals surface area contributed by atoms with Crippen molar-refractivity contribution in [2.45, 2.75) is 19.8 Å². The van der Waals surface area contributed by atoms with Gasteiger partial charge in [0, 0.05) is 30.0 Å². The Hall–Kier alpha value is -2.54. The molecule has 0 saturated carbocycles. The Kier molecular flexibility index (Phi) is 5.18. The minimum atomic E-state index is -0.713. The molecule has 2 amide bonds. The number of piperidine rings is 1. The summed E-state index contributed by atoms with van der Waals surface area (Å²) in [6, 6.07) is 5.23. The molecule has 0 bridgehead atoms. The molecule has 7 nitrogen and oxygen atoms in total. The van der Waals surface area contributed by atoms with Gasteiger partial charge in [0.2, 0.25) is 11.7 Å². The molecule has 2 aromatic rings. The first kappa shape index (κ1) is 18.3. The summed E-state index contributed by atoms with van der Waals surface area (Å²) in [5, 5.41) is 1.13. The number of rotatable bonds is 4. The molecule has 1 aromatic heterocycles. The lowest BCUT2D eigenvalue weighted by Gasteiger charge is -2.30. The highest BCUT2D eigenvalue weighted by Crippen LogP contribution is 2.31. The number of halogens is 1. The molecule has 1 fully saturated rings. The lowest BCUT2D eigenvalue weighted by Crippen LogP contribution is -2.43. The number of furan rings is 1. The number of nitrogens with zero attached hydrogens (tertiary/aromatic N) is 1. The van der Waals surface area contributed by atoms with E-state index in [0.29, 0.717) is 42.1 Å². The molecule has 138 valence electrons. The molecule has 0 radical (unpaired) electrons. The number of carbonyl (C=O) groups is 3. The Morgan fingerprint density at radius 2 is 2.00 bits per heavy atom. The minimum absolute atomic E-state index is 0.0355. The van der Waals surface area contributed by atoms with Gasteiger partial charge in [0.05, 0.1) is 5.02 Å². The molecule has 0 atom stereocenters. The van der Waals surface area contributed by atoms with Crippen LogP contribution in [0.1, 0.15) is 29.0 Å². The van der Waals surface area contributed by atoms with Crippen LogP contribution >= 0.6 is 11.6 Å². The number of amides is 2. The minimum Gasteiger partial charge on any atom is -0.450 e. The zero-order valence-electron chi connectivity index (χ0n) is 14.3. The number of benzene rings is 1. The molecule has 3 rings (SSSR count). The summed E-state index contributed by atoms with van der Waals surface area (Å²) >= 11 is 6.07. The summed E-state index contributed by atoms with van der Waals surface area (Å²) in [4.78, 5) is 37.2. The van der Waals surface area contributed by atoms with Crippen molar-refractivity contribution in [1.29, 1.82) is 0 Å². The van der Waals surface area contributed by atoms with Gasteiger partial charge < -0.3 is 19.8 Å². The molecule has 8 heteroatoms. The molecule has 1 saturated heterocycles. The highest BCUT2D eigenvalue weighted by Gasteiger charge is 2.27. The molecular formula is C18H19ClN2O5. The van der Waals surface area contributed by atoms with Crippen LogP contribution in [0, 0.1) is 12.8 Å². The van der Waals surface area contributed by atoms with Gasteiger partial charge in [-0.25, -0.2) is 4.79 Å². The number of para-hydroxylation sites is 1. The van der Waals surface area contributed by atoms with Gasteiger partial charge in [0.1, 0.15) is 0 Å². The summed E-state index contributed by atoms with van der Waals surface area (Å²) in [5.41, 5.74) is 6.31. The number of carbonyl (C=O) groups excluding carboxylic acids is 3. The van der Waals surface area contributed by atoms with Crippen molar-refractivity contribution in [3.63, 3.8) is 0 Å². The first-order valence-electron chi connectivity index (χ1n) is 8.30. The molecule has 1 aliphatic heterocycles. The number of ether oxygens (including phenoxy) is 1. The fraction of sp³-hybridized carbons (Fsp3) is 0.389. The van der Waals surface area contributed by atoms with Crippen LogP contribution in [0.4, 0.5) is 0 Å². The maximum absolute atomic E-state index is 12.3. The van der Waals surface area contributed by atoms with Gasteiger partial charge in [-0.1, -0.05) is 23.7 Å². The van der Waals surface area contributed by atoms with Gasteiger partial charge in [-0.2, -0.15) is 0 Å². The molecule has 1 aliphatic rings. The predicted octanol–water partition coefficient (Wildman–Crippen LogP) is 2.28. The Morgan fingerprint density at radius 1 is 1.31 bits per heavy atom. The lowest BCUT2D eigenvalue weighted by atomic mass is 9.96. The predicted molar refractivity (Wildman–Crippen MR) is 94.7 cm³/mol. The van der Waals surface area contributed by atoms with E-state index < -0.39 is 5.97 Å². The number of hydrogen-bond donors (Lipinski definition) is 1. The van der Waals surface area contributed by atoms with Crippen LogP contribution in [-0.4, -0.2) is 42.4 Å². The van der Waals surface area contributed by atoms with Gasteiger partial charge in [-0.3, -0.25) is 9.59 Å². The topological polar surface area (TPSA) is 103 Å². The standard InChI is InChI=1S/C18H19ClN2O5/c1-10-12-3-2-4-13(19)16(12)26-15(10)18(24)25-9-14(22)21-7-5-11(6-8-21)17(20)23/h2-4,11H,5-9H2,1H3,(H2,20,23). The van der Waals surface area contributed by atoms with Gasteiger partial charge in [0.25, 0.3) is 5.91 Å². The largest absolute Gasteiger partial charge is 0.450 e. The van der Waals surface area contributed by atoms with Gasteiger partial charge >= 0.3 is 5.97 Å². The quantitative estimate of drug-likeness (QED) is 0.822.